The normalized spacial score (nSPS) is 15.7. The number of aromatic nitrogens is 1. The molecule has 0 bridgehead atoms. The highest BCUT2D eigenvalue weighted by Crippen LogP contribution is 2.33. The Morgan fingerprint density at radius 3 is 2.09 bits per heavy atom. The smallest absolute Gasteiger partial charge is 0.293 e. The lowest BCUT2D eigenvalue weighted by atomic mass is 9.82. The summed E-state index contributed by atoms with van der Waals surface area (Å²) in [7, 11) is 0. The van der Waals surface area contributed by atoms with Gasteiger partial charge in [-0.2, -0.15) is 0 Å². The van der Waals surface area contributed by atoms with Crippen LogP contribution in [0.2, 0.25) is 0 Å². The number of nitro benzene ring substituents is 1. The summed E-state index contributed by atoms with van der Waals surface area (Å²) in [6, 6.07) is 17.7. The van der Waals surface area contributed by atoms with Crippen molar-refractivity contribution in [2.24, 2.45) is 0 Å². The highest BCUT2D eigenvalue weighted by Gasteiger charge is 2.20. The van der Waals surface area contributed by atoms with Gasteiger partial charge in [0.1, 0.15) is 5.52 Å². The van der Waals surface area contributed by atoms with Crippen LogP contribution < -0.4 is 21.0 Å². The minimum absolute atomic E-state index is 0.0192. The molecule has 5 aromatic rings. The molecule has 0 saturated heterocycles. The summed E-state index contributed by atoms with van der Waals surface area (Å²) < 4.78 is 42.4. The first kappa shape index (κ1) is 22.6. The molecule has 1 heterocycles. The molecule has 2 aliphatic rings. The zero-order valence-electron chi connectivity index (χ0n) is 30.1. The standard InChI is InChI=1S/C40H36N2O2/c1-40(2,3)29-24-27(26-13-5-4-6-14-26)23-28(25-29)30-19-11-20-35-33-17-9-7-15-31(33)32-16-8-10-18-34(32)36-21-12-22-37(42(43)44)39(36)41-38(30)35/h4-7,9,12-18,20-25,41H,8,10-11,19H2,1-3H3/i4D,5D,6D,13D,14D. The van der Waals surface area contributed by atoms with Gasteiger partial charge in [-0.25, -0.2) is 0 Å². The molecule has 2 aliphatic carbocycles. The molecule has 0 saturated carbocycles. The van der Waals surface area contributed by atoms with Crippen molar-refractivity contribution in [3.63, 3.8) is 0 Å². The van der Waals surface area contributed by atoms with Crippen molar-refractivity contribution in [3.05, 3.63) is 133 Å². The quantitative estimate of drug-likeness (QED) is 0.178. The summed E-state index contributed by atoms with van der Waals surface area (Å²) in [5.74, 6) is 0. The number of H-pyrrole nitrogens is 1. The molecule has 0 aliphatic heterocycles. The molecule has 0 unspecified atom stereocenters. The highest BCUT2D eigenvalue weighted by molar-refractivity contribution is 5.92. The molecule has 4 aromatic carbocycles. The summed E-state index contributed by atoms with van der Waals surface area (Å²) in [5.41, 5.74) is 3.44. The van der Waals surface area contributed by atoms with E-state index in [-0.39, 0.29) is 45.8 Å². The lowest BCUT2D eigenvalue weighted by Crippen LogP contribution is -2.33. The van der Waals surface area contributed by atoms with Crippen molar-refractivity contribution in [1.82, 2.24) is 4.98 Å². The van der Waals surface area contributed by atoms with Crippen LogP contribution in [0, 0.1) is 10.1 Å². The lowest BCUT2D eigenvalue weighted by molar-refractivity contribution is -0.383. The van der Waals surface area contributed by atoms with Gasteiger partial charge in [0, 0.05) is 16.7 Å². The van der Waals surface area contributed by atoms with Crippen LogP contribution in [0.25, 0.3) is 56.6 Å². The Labute approximate surface area is 263 Å². The van der Waals surface area contributed by atoms with Gasteiger partial charge in [0.15, 0.2) is 0 Å². The van der Waals surface area contributed by atoms with Crippen LogP contribution >= 0.6 is 0 Å². The molecule has 0 spiro atoms. The number of aromatic amines is 1. The van der Waals surface area contributed by atoms with Crippen molar-refractivity contribution in [2.75, 3.05) is 0 Å². The van der Waals surface area contributed by atoms with E-state index in [9.17, 15) is 10.1 Å². The van der Waals surface area contributed by atoms with Crippen LogP contribution in [-0.4, -0.2) is 9.91 Å². The SMILES string of the molecule is [2H]c1c([2H])c([2H])c(-c2cc(C3=c4[nH]c5c([N+](=O)[O-])cccc5c5c(c6ccccc6c4=CCC3)=CCCC=5)cc(C(C)(C)C)c2)c([2H])c1[2H]. The van der Waals surface area contributed by atoms with Crippen molar-refractivity contribution < 1.29 is 11.8 Å². The third-order valence-electron chi connectivity index (χ3n) is 8.69. The van der Waals surface area contributed by atoms with E-state index >= 15 is 0 Å². The van der Waals surface area contributed by atoms with Crippen molar-refractivity contribution in [3.8, 4) is 11.1 Å². The Hall–Kier alpha value is -4.96. The van der Waals surface area contributed by atoms with Gasteiger partial charge in [0.05, 0.1) is 17.1 Å². The van der Waals surface area contributed by atoms with Gasteiger partial charge < -0.3 is 4.98 Å². The maximum atomic E-state index is 12.6. The van der Waals surface area contributed by atoms with E-state index in [1.807, 2.05) is 30.3 Å². The van der Waals surface area contributed by atoms with Crippen LogP contribution in [0.4, 0.5) is 5.69 Å². The van der Waals surface area contributed by atoms with E-state index in [0.29, 0.717) is 17.5 Å². The van der Waals surface area contributed by atoms with Gasteiger partial charge >= 0.3 is 0 Å². The molecule has 4 nitrogen and oxygen atoms in total. The zero-order chi connectivity index (χ0) is 34.8. The number of non-ortho nitro benzene ring substituents is 1. The molecule has 4 heteroatoms. The van der Waals surface area contributed by atoms with Crippen LogP contribution in [0.1, 0.15) is 64.4 Å². The highest BCUT2D eigenvalue weighted by atomic mass is 16.6. The number of hydrogen-bond acceptors (Lipinski definition) is 2. The van der Waals surface area contributed by atoms with Gasteiger partial charge in [0.25, 0.3) is 5.69 Å². The fraction of sp³-hybridized carbons (Fsp3) is 0.200. The Bertz CT molecular complexity index is 2550. The number of nitrogens with zero attached hydrogens (tertiary/aromatic N) is 1. The van der Waals surface area contributed by atoms with E-state index in [1.54, 1.807) is 6.07 Å². The summed E-state index contributed by atoms with van der Waals surface area (Å²) in [6.07, 6.45) is 9.66. The fourth-order valence-electron chi connectivity index (χ4n) is 6.51. The van der Waals surface area contributed by atoms with Crippen LogP contribution in [0.15, 0.2) is 90.9 Å². The Morgan fingerprint density at radius 1 is 0.750 bits per heavy atom. The Morgan fingerprint density at radius 2 is 1.39 bits per heavy atom. The molecule has 0 fully saturated rings. The van der Waals surface area contributed by atoms with Gasteiger partial charge in [-0.1, -0.05) is 118 Å². The minimum Gasteiger partial charge on any atom is -0.349 e. The molecule has 44 heavy (non-hydrogen) atoms. The number of fused-ring (bicyclic) bond motifs is 7. The van der Waals surface area contributed by atoms with Gasteiger partial charge in [-0.3, -0.25) is 10.1 Å². The number of nitrogens with one attached hydrogen (secondary N) is 1. The van der Waals surface area contributed by atoms with Crippen molar-refractivity contribution in [1.29, 1.82) is 0 Å². The molecule has 0 atom stereocenters. The minimum atomic E-state index is -0.433. The number of hydrogen-bond donors (Lipinski definition) is 1. The van der Waals surface area contributed by atoms with E-state index < -0.39 is 6.04 Å². The number of nitro groups is 1. The van der Waals surface area contributed by atoms with Crippen LogP contribution in [-0.2, 0) is 5.41 Å². The first-order chi connectivity index (χ1) is 23.4. The first-order valence-corrected chi connectivity index (χ1v) is 15.1. The zero-order valence-corrected chi connectivity index (χ0v) is 25.1. The average molecular weight is 582 g/mol. The third kappa shape index (κ3) is 4.90. The second-order valence-electron chi connectivity index (χ2n) is 12.5. The van der Waals surface area contributed by atoms with E-state index in [4.69, 9.17) is 6.85 Å². The van der Waals surface area contributed by atoms with Crippen LogP contribution in [0.5, 0.6) is 0 Å². The Kier molecular flexibility index (Phi) is 5.61. The summed E-state index contributed by atoms with van der Waals surface area (Å²) in [6.45, 7) is 6.25. The lowest BCUT2D eigenvalue weighted by Gasteiger charge is -2.23. The summed E-state index contributed by atoms with van der Waals surface area (Å²) in [5, 5.41) is 19.1. The first-order valence-electron chi connectivity index (χ1n) is 17.6. The monoisotopic (exact) mass is 581 g/mol. The maximum absolute atomic E-state index is 12.6. The molecule has 0 radical (unpaired) electrons. The van der Waals surface area contributed by atoms with E-state index in [2.05, 4.69) is 62.2 Å². The fourth-order valence-corrected chi connectivity index (χ4v) is 6.51. The van der Waals surface area contributed by atoms with Gasteiger partial charge in [-0.05, 0) is 86.2 Å². The molecule has 218 valence electrons. The number of rotatable bonds is 3. The predicted octanol–water partition coefficient (Wildman–Crippen LogP) is 7.45. The largest absolute Gasteiger partial charge is 0.349 e. The Balaban J connectivity index is 1.74. The van der Waals surface area contributed by atoms with Crippen LogP contribution in [0.3, 0.4) is 0 Å². The predicted molar refractivity (Wildman–Crippen MR) is 184 cm³/mol. The maximum Gasteiger partial charge on any atom is 0.293 e. The molecule has 1 aromatic heterocycles. The number of benzene rings is 4. The van der Waals surface area contributed by atoms with Crippen molar-refractivity contribution >= 4 is 51.2 Å². The second-order valence-corrected chi connectivity index (χ2v) is 12.5. The topological polar surface area (TPSA) is 58.9 Å². The molecular weight excluding hydrogens is 540 g/mol. The number of para-hydroxylation sites is 1. The molecule has 7 rings (SSSR count). The van der Waals surface area contributed by atoms with Gasteiger partial charge in [0.2, 0.25) is 0 Å². The third-order valence-corrected chi connectivity index (χ3v) is 8.69. The van der Waals surface area contributed by atoms with Gasteiger partial charge in [-0.15, -0.1) is 0 Å². The average Bonchev–Trinajstić information content (AvgIpc) is 3.14. The summed E-state index contributed by atoms with van der Waals surface area (Å²) in [4.78, 5) is 15.8. The van der Waals surface area contributed by atoms with Crippen molar-refractivity contribution in [2.45, 2.75) is 51.9 Å². The molecule has 1 N–H and O–H groups in total. The molecular formula is C40H36N2O2. The van der Waals surface area contributed by atoms with E-state index in [0.717, 1.165) is 73.1 Å². The summed E-state index contributed by atoms with van der Waals surface area (Å²) >= 11 is 0. The second kappa shape index (κ2) is 10.9. The molecule has 0 amide bonds. The van der Waals surface area contributed by atoms with E-state index in [1.165, 1.54) is 6.07 Å².